The number of guanidine groups is 1. The van der Waals surface area contributed by atoms with Gasteiger partial charge in [0.15, 0.2) is 5.96 Å². The maximum atomic E-state index is 5.56. The first-order valence-electron chi connectivity index (χ1n) is 7.53. The lowest BCUT2D eigenvalue weighted by Gasteiger charge is -2.32. The van der Waals surface area contributed by atoms with E-state index in [-0.39, 0.29) is 6.10 Å². The van der Waals surface area contributed by atoms with Crippen molar-refractivity contribution >= 4 is 11.8 Å². The SMILES string of the molecule is CC1CN(c2ccc(CNC3=NCCN3C)cn2)CCO1. The fraction of sp³-hybridized carbons (Fsp3) is 0.600. The lowest BCUT2D eigenvalue weighted by atomic mass is 10.2. The first kappa shape index (κ1) is 14.1. The van der Waals surface area contributed by atoms with Crippen LogP contribution in [0, 0.1) is 0 Å². The summed E-state index contributed by atoms with van der Waals surface area (Å²) in [5, 5.41) is 3.36. The molecule has 0 spiro atoms. The number of nitrogens with one attached hydrogen (secondary N) is 1. The van der Waals surface area contributed by atoms with Crippen molar-refractivity contribution < 1.29 is 4.74 Å². The molecule has 3 rings (SSSR count). The number of hydrogen-bond donors (Lipinski definition) is 1. The number of hydrogen-bond acceptors (Lipinski definition) is 6. The third kappa shape index (κ3) is 3.44. The van der Waals surface area contributed by atoms with E-state index in [9.17, 15) is 0 Å². The molecule has 6 heteroatoms. The van der Waals surface area contributed by atoms with Gasteiger partial charge in [0.1, 0.15) is 5.82 Å². The average molecular weight is 289 g/mol. The fourth-order valence-corrected chi connectivity index (χ4v) is 2.64. The van der Waals surface area contributed by atoms with Crippen molar-refractivity contribution in [3.8, 4) is 0 Å². The average Bonchev–Trinajstić information content (AvgIpc) is 2.91. The number of nitrogens with zero attached hydrogens (tertiary/aromatic N) is 4. The van der Waals surface area contributed by atoms with Gasteiger partial charge in [-0.1, -0.05) is 6.07 Å². The molecular weight excluding hydrogens is 266 g/mol. The van der Waals surface area contributed by atoms with Crippen LogP contribution >= 0.6 is 0 Å². The number of anilines is 1. The highest BCUT2D eigenvalue weighted by Crippen LogP contribution is 2.15. The molecule has 114 valence electrons. The van der Waals surface area contributed by atoms with Crippen molar-refractivity contribution in [2.45, 2.75) is 19.6 Å². The van der Waals surface area contributed by atoms with Gasteiger partial charge in [0.05, 0.1) is 19.3 Å². The minimum Gasteiger partial charge on any atom is -0.375 e. The summed E-state index contributed by atoms with van der Waals surface area (Å²) in [6.45, 7) is 7.33. The Balaban J connectivity index is 1.56. The highest BCUT2D eigenvalue weighted by molar-refractivity contribution is 5.81. The number of aliphatic imine (C=N–C) groups is 1. The van der Waals surface area contributed by atoms with Crippen LogP contribution in [0.3, 0.4) is 0 Å². The Labute approximate surface area is 125 Å². The molecule has 0 radical (unpaired) electrons. The molecule has 1 aromatic rings. The molecule has 1 fully saturated rings. The van der Waals surface area contributed by atoms with E-state index in [1.54, 1.807) is 0 Å². The zero-order valence-corrected chi connectivity index (χ0v) is 12.7. The van der Waals surface area contributed by atoms with Crippen molar-refractivity contribution in [1.82, 2.24) is 15.2 Å². The van der Waals surface area contributed by atoms with E-state index >= 15 is 0 Å². The minimum absolute atomic E-state index is 0.276. The Morgan fingerprint density at radius 2 is 2.29 bits per heavy atom. The Kier molecular flexibility index (Phi) is 4.24. The molecule has 1 aromatic heterocycles. The molecule has 1 unspecified atom stereocenters. The number of ether oxygens (including phenoxy) is 1. The van der Waals surface area contributed by atoms with E-state index in [0.29, 0.717) is 0 Å². The molecule has 3 heterocycles. The number of morpholine rings is 1. The second-order valence-electron chi connectivity index (χ2n) is 5.63. The van der Waals surface area contributed by atoms with Crippen LogP contribution in [-0.2, 0) is 11.3 Å². The third-order valence-electron chi connectivity index (χ3n) is 3.88. The van der Waals surface area contributed by atoms with Crippen molar-refractivity contribution in [3.63, 3.8) is 0 Å². The zero-order valence-electron chi connectivity index (χ0n) is 12.7. The van der Waals surface area contributed by atoms with Crippen molar-refractivity contribution in [3.05, 3.63) is 23.9 Å². The van der Waals surface area contributed by atoms with Crippen LogP contribution in [0.25, 0.3) is 0 Å². The normalized spacial score (nSPS) is 22.4. The second kappa shape index (κ2) is 6.30. The van der Waals surface area contributed by atoms with Crippen molar-refractivity contribution in [1.29, 1.82) is 0 Å². The molecule has 1 saturated heterocycles. The smallest absolute Gasteiger partial charge is 0.194 e. The van der Waals surface area contributed by atoms with Crippen LogP contribution in [-0.4, -0.2) is 61.8 Å². The lowest BCUT2D eigenvalue weighted by molar-refractivity contribution is 0.0529. The van der Waals surface area contributed by atoms with E-state index in [0.717, 1.165) is 51.1 Å². The summed E-state index contributed by atoms with van der Waals surface area (Å²) in [7, 11) is 2.06. The van der Waals surface area contributed by atoms with E-state index in [1.807, 2.05) is 6.20 Å². The monoisotopic (exact) mass is 289 g/mol. The molecule has 0 aliphatic carbocycles. The van der Waals surface area contributed by atoms with Crippen molar-refractivity contribution in [2.24, 2.45) is 4.99 Å². The molecule has 1 atom stereocenters. The molecule has 0 aromatic carbocycles. The molecule has 0 saturated carbocycles. The number of aromatic nitrogens is 1. The highest BCUT2D eigenvalue weighted by atomic mass is 16.5. The first-order chi connectivity index (χ1) is 10.2. The molecule has 2 aliphatic heterocycles. The molecule has 21 heavy (non-hydrogen) atoms. The van der Waals surface area contributed by atoms with Gasteiger partial charge in [0.2, 0.25) is 0 Å². The van der Waals surface area contributed by atoms with Gasteiger partial charge in [-0.2, -0.15) is 0 Å². The van der Waals surface area contributed by atoms with Crippen LogP contribution in [0.4, 0.5) is 5.82 Å². The summed E-state index contributed by atoms with van der Waals surface area (Å²) in [4.78, 5) is 13.4. The lowest BCUT2D eigenvalue weighted by Crippen LogP contribution is -2.41. The second-order valence-corrected chi connectivity index (χ2v) is 5.63. The quantitative estimate of drug-likeness (QED) is 0.887. The van der Waals surface area contributed by atoms with Gasteiger partial charge in [0, 0.05) is 39.4 Å². The maximum Gasteiger partial charge on any atom is 0.194 e. The van der Waals surface area contributed by atoms with Gasteiger partial charge < -0.3 is 19.9 Å². The summed E-state index contributed by atoms with van der Waals surface area (Å²) in [6.07, 6.45) is 2.22. The molecular formula is C15H23N5O. The predicted molar refractivity (Wildman–Crippen MR) is 83.6 cm³/mol. The highest BCUT2D eigenvalue weighted by Gasteiger charge is 2.17. The number of pyridine rings is 1. The van der Waals surface area contributed by atoms with E-state index < -0.39 is 0 Å². The molecule has 0 amide bonds. The first-order valence-corrected chi connectivity index (χ1v) is 7.53. The molecule has 6 nitrogen and oxygen atoms in total. The Bertz CT molecular complexity index is 501. The van der Waals surface area contributed by atoms with Gasteiger partial charge in [-0.3, -0.25) is 4.99 Å². The van der Waals surface area contributed by atoms with E-state index in [2.05, 4.69) is 51.2 Å². The van der Waals surface area contributed by atoms with Crippen molar-refractivity contribution in [2.75, 3.05) is 44.7 Å². The summed E-state index contributed by atoms with van der Waals surface area (Å²) in [5.41, 5.74) is 1.17. The Morgan fingerprint density at radius 1 is 1.38 bits per heavy atom. The van der Waals surface area contributed by atoms with E-state index in [4.69, 9.17) is 4.74 Å². The van der Waals surface area contributed by atoms with Gasteiger partial charge in [-0.25, -0.2) is 4.98 Å². The molecule has 1 N–H and O–H groups in total. The summed E-state index contributed by atoms with van der Waals surface area (Å²) >= 11 is 0. The third-order valence-corrected chi connectivity index (χ3v) is 3.88. The van der Waals surface area contributed by atoms with E-state index in [1.165, 1.54) is 5.56 Å². The summed E-state index contributed by atoms with van der Waals surface area (Å²) < 4.78 is 5.56. The largest absolute Gasteiger partial charge is 0.375 e. The van der Waals surface area contributed by atoms with Gasteiger partial charge in [0.25, 0.3) is 0 Å². The molecule has 2 aliphatic rings. The molecule has 0 bridgehead atoms. The standard InChI is InChI=1S/C15H23N5O/c1-12-11-20(7-8-21-12)14-4-3-13(9-17-14)10-18-15-16-5-6-19(15)2/h3-4,9,12H,5-8,10-11H2,1-2H3,(H,16,18). The van der Waals surface area contributed by atoms with Gasteiger partial charge in [-0.15, -0.1) is 0 Å². The van der Waals surface area contributed by atoms with Crippen LogP contribution in [0.2, 0.25) is 0 Å². The minimum atomic E-state index is 0.276. The van der Waals surface area contributed by atoms with Crippen LogP contribution < -0.4 is 10.2 Å². The van der Waals surface area contributed by atoms with Crippen LogP contribution in [0.5, 0.6) is 0 Å². The predicted octanol–water partition coefficient (Wildman–Crippen LogP) is 0.698. The number of rotatable bonds is 3. The Morgan fingerprint density at radius 3 is 2.95 bits per heavy atom. The summed E-state index contributed by atoms with van der Waals surface area (Å²) in [5.74, 6) is 2.00. The fourth-order valence-electron chi connectivity index (χ4n) is 2.64. The topological polar surface area (TPSA) is 53.0 Å². The van der Waals surface area contributed by atoms with Crippen LogP contribution in [0.1, 0.15) is 12.5 Å². The number of likely N-dealkylation sites (N-methyl/N-ethyl adjacent to an activating group) is 1. The van der Waals surface area contributed by atoms with Gasteiger partial charge in [-0.05, 0) is 18.6 Å². The Hall–Kier alpha value is -1.82. The van der Waals surface area contributed by atoms with Gasteiger partial charge >= 0.3 is 0 Å². The van der Waals surface area contributed by atoms with Crippen LogP contribution in [0.15, 0.2) is 23.3 Å². The maximum absolute atomic E-state index is 5.56. The summed E-state index contributed by atoms with van der Waals surface area (Å²) in [6, 6.07) is 4.22. The zero-order chi connectivity index (χ0) is 14.7.